The number of ether oxygens (including phenoxy) is 2. The minimum absolute atomic E-state index is 0.100. The van der Waals surface area contributed by atoms with Crippen LogP contribution >= 0.6 is 0 Å². The van der Waals surface area contributed by atoms with E-state index in [-0.39, 0.29) is 28.2 Å². The van der Waals surface area contributed by atoms with Gasteiger partial charge in [0.2, 0.25) is 10.0 Å². The molecule has 0 atom stereocenters. The summed E-state index contributed by atoms with van der Waals surface area (Å²) in [5, 5.41) is 4.48. The Bertz CT molecular complexity index is 1750. The van der Waals surface area contributed by atoms with Crippen LogP contribution in [0.2, 0.25) is 0 Å². The van der Waals surface area contributed by atoms with Crippen LogP contribution in [0.3, 0.4) is 0 Å². The minimum Gasteiger partial charge on any atom is -0.493 e. The minimum atomic E-state index is -3.83. The van der Waals surface area contributed by atoms with Crippen LogP contribution in [0, 0.1) is 5.92 Å². The maximum absolute atomic E-state index is 13.8. The number of aromatic amines is 1. The summed E-state index contributed by atoms with van der Waals surface area (Å²) in [6.07, 6.45) is 7.64. The van der Waals surface area contributed by atoms with Crippen molar-refractivity contribution in [1.29, 1.82) is 0 Å². The van der Waals surface area contributed by atoms with E-state index in [0.29, 0.717) is 93.0 Å². The van der Waals surface area contributed by atoms with Gasteiger partial charge < -0.3 is 19.0 Å². The number of hydrogen-bond acceptors (Lipinski definition) is 8. The molecule has 3 aromatic heterocycles. The van der Waals surface area contributed by atoms with Crippen molar-refractivity contribution in [3.8, 4) is 17.1 Å². The van der Waals surface area contributed by atoms with Crippen molar-refractivity contribution in [2.24, 2.45) is 13.0 Å². The first-order chi connectivity index (χ1) is 21.2. The van der Waals surface area contributed by atoms with Crippen LogP contribution in [-0.2, 0) is 39.6 Å². The summed E-state index contributed by atoms with van der Waals surface area (Å²) in [4.78, 5) is 32.9. The van der Waals surface area contributed by atoms with Gasteiger partial charge in [0.15, 0.2) is 5.52 Å². The van der Waals surface area contributed by atoms with Gasteiger partial charge >= 0.3 is 5.97 Å². The number of piperidine rings is 1. The molecule has 1 fully saturated rings. The first kappa shape index (κ1) is 31.5. The highest BCUT2D eigenvalue weighted by molar-refractivity contribution is 7.89. The third kappa shape index (κ3) is 6.88. The van der Waals surface area contributed by atoms with E-state index in [1.54, 1.807) is 13.1 Å². The SMILES string of the molecule is CCCc1nn(C)c2c(=O)[nH]c(-c3cc(S(=O)(=O)N4CCC(CCC(=O)OCCn5cccc5)CC4)ccc3OCC)nc12. The molecule has 0 aliphatic carbocycles. The average molecular weight is 625 g/mol. The number of carbonyl (C=O) groups is 1. The number of esters is 1. The zero-order valence-corrected chi connectivity index (χ0v) is 26.3. The zero-order valence-electron chi connectivity index (χ0n) is 25.5. The predicted octanol–water partition coefficient (Wildman–Crippen LogP) is 3.90. The monoisotopic (exact) mass is 624 g/mol. The first-order valence-corrected chi connectivity index (χ1v) is 16.6. The van der Waals surface area contributed by atoms with Crippen molar-refractivity contribution < 1.29 is 22.7 Å². The number of nitrogens with one attached hydrogen (secondary N) is 1. The smallest absolute Gasteiger partial charge is 0.305 e. The number of fused-ring (bicyclic) bond motifs is 1. The molecule has 0 radical (unpaired) electrons. The van der Waals surface area contributed by atoms with Crippen molar-refractivity contribution >= 4 is 27.0 Å². The predicted molar refractivity (Wildman–Crippen MR) is 166 cm³/mol. The second-order valence-electron chi connectivity index (χ2n) is 11.1. The summed E-state index contributed by atoms with van der Waals surface area (Å²) in [5.74, 6) is 0.667. The van der Waals surface area contributed by atoms with Crippen LogP contribution in [0.4, 0.5) is 0 Å². The van der Waals surface area contributed by atoms with Gasteiger partial charge in [0.1, 0.15) is 23.7 Å². The normalized spacial score (nSPS) is 14.7. The van der Waals surface area contributed by atoms with Crippen molar-refractivity contribution in [1.82, 2.24) is 28.6 Å². The number of aryl methyl sites for hydroxylation is 2. The van der Waals surface area contributed by atoms with Crippen molar-refractivity contribution in [2.75, 3.05) is 26.3 Å². The van der Waals surface area contributed by atoms with E-state index >= 15 is 0 Å². The molecule has 13 heteroatoms. The zero-order chi connectivity index (χ0) is 31.3. The van der Waals surface area contributed by atoms with Crippen LogP contribution in [0.1, 0.15) is 51.6 Å². The molecule has 0 bridgehead atoms. The van der Waals surface area contributed by atoms with Crippen LogP contribution in [0.25, 0.3) is 22.4 Å². The fourth-order valence-electron chi connectivity index (χ4n) is 5.68. The Balaban J connectivity index is 1.28. The molecule has 0 amide bonds. The Morgan fingerprint density at radius 2 is 1.89 bits per heavy atom. The lowest BCUT2D eigenvalue weighted by Gasteiger charge is -2.31. The molecule has 4 aromatic rings. The molecule has 4 heterocycles. The number of nitrogens with zero attached hydrogens (tertiary/aromatic N) is 5. The van der Waals surface area contributed by atoms with Gasteiger partial charge in [-0.05, 0) is 68.9 Å². The van der Waals surface area contributed by atoms with Gasteiger partial charge in [0.25, 0.3) is 5.56 Å². The molecule has 44 heavy (non-hydrogen) atoms. The van der Waals surface area contributed by atoms with E-state index in [1.165, 1.54) is 21.1 Å². The molecule has 1 aromatic carbocycles. The molecule has 0 spiro atoms. The molecule has 5 rings (SSSR count). The lowest BCUT2D eigenvalue weighted by molar-refractivity contribution is -0.144. The topological polar surface area (TPSA) is 141 Å². The largest absolute Gasteiger partial charge is 0.493 e. The molecule has 1 N–H and O–H groups in total. The highest BCUT2D eigenvalue weighted by Crippen LogP contribution is 2.33. The number of H-pyrrole nitrogens is 1. The Kier molecular flexibility index (Phi) is 9.84. The quantitative estimate of drug-likeness (QED) is 0.221. The molecule has 1 saturated heterocycles. The summed E-state index contributed by atoms with van der Waals surface area (Å²) < 4.78 is 43.6. The second-order valence-corrected chi connectivity index (χ2v) is 13.0. The summed E-state index contributed by atoms with van der Waals surface area (Å²) in [5.41, 5.74) is 1.61. The maximum Gasteiger partial charge on any atom is 0.305 e. The molecule has 1 aliphatic heterocycles. The maximum atomic E-state index is 13.8. The van der Waals surface area contributed by atoms with E-state index in [4.69, 9.17) is 14.5 Å². The average Bonchev–Trinajstić information content (AvgIpc) is 3.64. The van der Waals surface area contributed by atoms with E-state index in [0.717, 1.165) is 6.42 Å². The number of rotatable bonds is 13. The third-order valence-corrected chi connectivity index (χ3v) is 9.90. The number of sulfonamides is 1. The first-order valence-electron chi connectivity index (χ1n) is 15.2. The molecule has 1 aliphatic rings. The Morgan fingerprint density at radius 1 is 1.14 bits per heavy atom. The molecule has 0 unspecified atom stereocenters. The highest BCUT2D eigenvalue weighted by atomic mass is 32.2. The van der Waals surface area contributed by atoms with Gasteiger partial charge in [0, 0.05) is 39.0 Å². The van der Waals surface area contributed by atoms with Crippen molar-refractivity contribution in [2.45, 2.75) is 63.8 Å². The standard InChI is InChI=1S/C31H40N6O6S/c1-4-8-25-28-29(35(3)34-25)31(39)33-30(32-28)24-21-23(10-11-26(24)42-5-2)44(40,41)37-17-13-22(14-18-37)9-12-27(38)43-20-19-36-15-6-7-16-36/h6-7,10-11,15-16,21-22H,4-5,8-9,12-14,17-20H2,1-3H3,(H,32,33,39). The van der Waals surface area contributed by atoms with Gasteiger partial charge in [-0.15, -0.1) is 0 Å². The Labute approximate surface area is 257 Å². The van der Waals surface area contributed by atoms with Crippen molar-refractivity contribution in [3.63, 3.8) is 0 Å². The number of carbonyl (C=O) groups excluding carboxylic acids is 1. The summed E-state index contributed by atoms with van der Waals surface area (Å²) in [7, 11) is -2.12. The molecular formula is C31H40N6O6S. The summed E-state index contributed by atoms with van der Waals surface area (Å²) in [6.45, 7) is 5.88. The lowest BCUT2D eigenvalue weighted by Crippen LogP contribution is -2.38. The highest BCUT2D eigenvalue weighted by Gasteiger charge is 2.31. The van der Waals surface area contributed by atoms with E-state index in [9.17, 15) is 18.0 Å². The Hall–Kier alpha value is -3.97. The lowest BCUT2D eigenvalue weighted by atomic mass is 9.93. The second kappa shape index (κ2) is 13.8. The van der Waals surface area contributed by atoms with E-state index < -0.39 is 10.0 Å². The Morgan fingerprint density at radius 3 is 2.59 bits per heavy atom. The van der Waals surface area contributed by atoms with Crippen LogP contribution in [0.5, 0.6) is 5.75 Å². The summed E-state index contributed by atoms with van der Waals surface area (Å²) in [6, 6.07) is 8.52. The van der Waals surface area contributed by atoms with Crippen LogP contribution in [-0.4, -0.2) is 69.3 Å². The van der Waals surface area contributed by atoms with Gasteiger partial charge in [-0.3, -0.25) is 14.3 Å². The van der Waals surface area contributed by atoms with E-state index in [2.05, 4.69) is 10.1 Å². The fourth-order valence-corrected chi connectivity index (χ4v) is 7.18. The third-order valence-electron chi connectivity index (χ3n) is 8.00. The van der Waals surface area contributed by atoms with Crippen LogP contribution in [0.15, 0.2) is 52.4 Å². The molecule has 12 nitrogen and oxygen atoms in total. The number of benzene rings is 1. The van der Waals surface area contributed by atoms with Gasteiger partial charge in [-0.25, -0.2) is 13.4 Å². The van der Waals surface area contributed by atoms with Gasteiger partial charge in [0.05, 0.1) is 29.3 Å². The molecule has 0 saturated carbocycles. The molecular weight excluding hydrogens is 584 g/mol. The van der Waals surface area contributed by atoms with Gasteiger partial charge in [-0.1, -0.05) is 13.3 Å². The molecule has 236 valence electrons. The van der Waals surface area contributed by atoms with Crippen LogP contribution < -0.4 is 10.3 Å². The van der Waals surface area contributed by atoms with Gasteiger partial charge in [-0.2, -0.15) is 9.40 Å². The number of aromatic nitrogens is 5. The number of hydrogen-bond donors (Lipinski definition) is 1. The summed E-state index contributed by atoms with van der Waals surface area (Å²) >= 11 is 0. The van der Waals surface area contributed by atoms with E-state index in [1.807, 2.05) is 42.9 Å². The van der Waals surface area contributed by atoms with Crippen molar-refractivity contribution in [3.05, 3.63) is 58.8 Å². The fraction of sp³-hybridized carbons (Fsp3) is 0.484.